The van der Waals surface area contributed by atoms with Gasteiger partial charge in [-0.2, -0.15) is 5.10 Å². The molecule has 0 spiro atoms. The quantitative estimate of drug-likeness (QED) is 0.805. The number of aromatic nitrogens is 3. The van der Waals surface area contributed by atoms with Crippen LogP contribution in [-0.2, 0) is 13.6 Å². The van der Waals surface area contributed by atoms with Crippen molar-refractivity contribution < 1.29 is 4.79 Å². The van der Waals surface area contributed by atoms with Crippen molar-refractivity contribution in [2.24, 2.45) is 7.05 Å². The summed E-state index contributed by atoms with van der Waals surface area (Å²) in [5.74, 6) is -0.154. The van der Waals surface area contributed by atoms with Gasteiger partial charge < -0.3 is 5.32 Å². The molecule has 0 aliphatic heterocycles. The van der Waals surface area contributed by atoms with Crippen LogP contribution in [0.15, 0.2) is 48.0 Å². The zero-order chi connectivity index (χ0) is 14.7. The van der Waals surface area contributed by atoms with E-state index < -0.39 is 0 Å². The largest absolute Gasteiger partial charge is 0.345 e. The highest BCUT2D eigenvalue weighted by atomic mass is 32.1. The van der Waals surface area contributed by atoms with E-state index in [-0.39, 0.29) is 5.91 Å². The molecule has 3 heterocycles. The second kappa shape index (κ2) is 5.88. The number of nitrogens with one attached hydrogen (secondary N) is 1. The maximum absolute atomic E-state index is 12.2. The number of carbonyl (C=O) groups is 1. The first-order valence-electron chi connectivity index (χ1n) is 6.50. The van der Waals surface area contributed by atoms with Crippen LogP contribution in [0.1, 0.15) is 16.2 Å². The lowest BCUT2D eigenvalue weighted by molar-refractivity contribution is 0.0941. The Balaban J connectivity index is 1.73. The average Bonchev–Trinajstić information content (AvgIpc) is 3.15. The molecule has 0 fully saturated rings. The molecule has 0 saturated carbocycles. The fourth-order valence-corrected chi connectivity index (χ4v) is 2.67. The van der Waals surface area contributed by atoms with Gasteiger partial charge >= 0.3 is 0 Å². The second-order valence-electron chi connectivity index (χ2n) is 4.52. The predicted octanol–water partition coefficient (Wildman–Crippen LogP) is 2.47. The van der Waals surface area contributed by atoms with E-state index >= 15 is 0 Å². The van der Waals surface area contributed by atoms with E-state index in [1.54, 1.807) is 35.3 Å². The summed E-state index contributed by atoms with van der Waals surface area (Å²) in [5.41, 5.74) is 2.18. The van der Waals surface area contributed by atoms with Crippen LogP contribution in [-0.4, -0.2) is 20.7 Å². The van der Waals surface area contributed by atoms with Gasteiger partial charge in [0.1, 0.15) is 11.4 Å². The fraction of sp³-hybridized carbons (Fsp3) is 0.133. The number of nitrogens with zero attached hydrogens (tertiary/aromatic N) is 3. The number of aryl methyl sites for hydroxylation is 1. The fourth-order valence-electron chi connectivity index (χ4n) is 1.99. The lowest BCUT2D eigenvalue weighted by atomic mass is 10.3. The number of hydrogen-bond donors (Lipinski definition) is 1. The van der Waals surface area contributed by atoms with Gasteiger partial charge in [0.05, 0.1) is 17.1 Å². The third-order valence-corrected chi connectivity index (χ3v) is 3.93. The Bertz CT molecular complexity index is 734. The normalized spacial score (nSPS) is 10.5. The van der Waals surface area contributed by atoms with Crippen LogP contribution >= 0.6 is 11.3 Å². The van der Waals surface area contributed by atoms with E-state index in [9.17, 15) is 4.79 Å². The minimum Gasteiger partial charge on any atom is -0.345 e. The summed E-state index contributed by atoms with van der Waals surface area (Å²) >= 11 is 1.60. The predicted molar refractivity (Wildman–Crippen MR) is 81.9 cm³/mol. The molecule has 0 radical (unpaired) electrons. The Morgan fingerprint density at radius 3 is 2.95 bits per heavy atom. The molecule has 1 N–H and O–H groups in total. The monoisotopic (exact) mass is 298 g/mol. The molecule has 0 saturated heterocycles. The molecule has 0 bridgehead atoms. The summed E-state index contributed by atoms with van der Waals surface area (Å²) in [5, 5.41) is 9.23. The average molecular weight is 298 g/mol. The van der Waals surface area contributed by atoms with Gasteiger partial charge in [-0.15, -0.1) is 11.3 Å². The van der Waals surface area contributed by atoms with Crippen molar-refractivity contribution in [2.75, 3.05) is 0 Å². The van der Waals surface area contributed by atoms with E-state index in [2.05, 4.69) is 15.4 Å². The lowest BCUT2D eigenvalue weighted by Crippen LogP contribution is -2.25. The Kier molecular flexibility index (Phi) is 3.79. The third kappa shape index (κ3) is 3.00. The molecule has 3 rings (SSSR count). The molecular weight excluding hydrogens is 284 g/mol. The van der Waals surface area contributed by atoms with Crippen molar-refractivity contribution >= 4 is 17.2 Å². The molecule has 5 nitrogen and oxygen atoms in total. The van der Waals surface area contributed by atoms with E-state index in [1.165, 1.54) is 0 Å². The third-order valence-electron chi connectivity index (χ3n) is 3.04. The van der Waals surface area contributed by atoms with Crippen molar-refractivity contribution in [3.05, 3.63) is 59.4 Å². The highest BCUT2D eigenvalue weighted by molar-refractivity contribution is 7.13. The van der Waals surface area contributed by atoms with Crippen molar-refractivity contribution in [3.63, 3.8) is 0 Å². The molecule has 0 atom stereocenters. The number of carbonyl (C=O) groups excluding carboxylic acids is 1. The second-order valence-corrected chi connectivity index (χ2v) is 5.47. The molecule has 0 unspecified atom stereocenters. The van der Waals surface area contributed by atoms with Gasteiger partial charge in [-0.25, -0.2) is 0 Å². The van der Waals surface area contributed by atoms with E-state index in [0.29, 0.717) is 12.2 Å². The number of thiophene rings is 1. The van der Waals surface area contributed by atoms with Crippen molar-refractivity contribution in [2.45, 2.75) is 6.54 Å². The molecule has 0 aromatic carbocycles. The van der Waals surface area contributed by atoms with Crippen LogP contribution < -0.4 is 5.32 Å². The minimum atomic E-state index is -0.154. The van der Waals surface area contributed by atoms with Crippen LogP contribution in [0.2, 0.25) is 0 Å². The smallest absolute Gasteiger partial charge is 0.269 e. The lowest BCUT2D eigenvalue weighted by Gasteiger charge is -2.04. The zero-order valence-electron chi connectivity index (χ0n) is 11.5. The highest BCUT2D eigenvalue weighted by Crippen LogP contribution is 2.23. The molecule has 3 aromatic heterocycles. The van der Waals surface area contributed by atoms with E-state index in [0.717, 1.165) is 16.3 Å². The Labute approximate surface area is 126 Å². The van der Waals surface area contributed by atoms with Gasteiger partial charge in [-0.3, -0.25) is 14.5 Å². The number of rotatable bonds is 4. The number of hydrogen-bond acceptors (Lipinski definition) is 4. The van der Waals surface area contributed by atoms with Crippen LogP contribution in [0.5, 0.6) is 0 Å². The molecule has 21 heavy (non-hydrogen) atoms. The maximum atomic E-state index is 12.2. The van der Waals surface area contributed by atoms with E-state index in [4.69, 9.17) is 0 Å². The zero-order valence-corrected chi connectivity index (χ0v) is 12.3. The van der Waals surface area contributed by atoms with Gasteiger partial charge in [0, 0.05) is 13.2 Å². The van der Waals surface area contributed by atoms with Gasteiger partial charge in [0.2, 0.25) is 0 Å². The topological polar surface area (TPSA) is 59.8 Å². The molecule has 106 valence electrons. The molecule has 0 aliphatic rings. The molecule has 6 heteroatoms. The van der Waals surface area contributed by atoms with Crippen LogP contribution in [0.25, 0.3) is 10.6 Å². The van der Waals surface area contributed by atoms with Gasteiger partial charge in [0.15, 0.2) is 0 Å². The Morgan fingerprint density at radius 2 is 2.24 bits per heavy atom. The van der Waals surface area contributed by atoms with Crippen LogP contribution in [0, 0.1) is 0 Å². The summed E-state index contributed by atoms with van der Waals surface area (Å²) in [4.78, 5) is 17.5. The summed E-state index contributed by atoms with van der Waals surface area (Å²) in [6.07, 6.45) is 1.71. The molecular formula is C15H14N4OS. The minimum absolute atomic E-state index is 0.154. The van der Waals surface area contributed by atoms with Gasteiger partial charge in [-0.1, -0.05) is 12.1 Å². The summed E-state index contributed by atoms with van der Waals surface area (Å²) in [7, 11) is 1.77. The van der Waals surface area contributed by atoms with Gasteiger partial charge in [0.25, 0.3) is 5.91 Å². The summed E-state index contributed by atoms with van der Waals surface area (Å²) in [6.45, 7) is 0.402. The number of amides is 1. The maximum Gasteiger partial charge on any atom is 0.269 e. The SMILES string of the molecule is Cn1nc(-c2cccs2)cc1C(=O)NCc1ccccn1. The first-order chi connectivity index (χ1) is 10.2. The highest BCUT2D eigenvalue weighted by Gasteiger charge is 2.14. The summed E-state index contributed by atoms with van der Waals surface area (Å²) in [6, 6.07) is 11.4. The van der Waals surface area contributed by atoms with Gasteiger partial charge in [-0.05, 0) is 29.6 Å². The molecule has 1 amide bonds. The standard InChI is InChI=1S/C15H14N4OS/c1-19-13(9-12(18-19)14-6-4-8-21-14)15(20)17-10-11-5-2-3-7-16-11/h2-9H,10H2,1H3,(H,17,20). The first kappa shape index (κ1) is 13.5. The van der Waals surface area contributed by atoms with E-state index in [1.807, 2.05) is 35.7 Å². The number of pyridine rings is 1. The van der Waals surface area contributed by atoms with Crippen LogP contribution in [0.4, 0.5) is 0 Å². The van der Waals surface area contributed by atoms with Crippen molar-refractivity contribution in [1.82, 2.24) is 20.1 Å². The van der Waals surface area contributed by atoms with Crippen LogP contribution in [0.3, 0.4) is 0 Å². The van der Waals surface area contributed by atoms with Crippen molar-refractivity contribution in [1.29, 1.82) is 0 Å². The molecule has 3 aromatic rings. The van der Waals surface area contributed by atoms with Crippen molar-refractivity contribution in [3.8, 4) is 10.6 Å². The summed E-state index contributed by atoms with van der Waals surface area (Å²) < 4.78 is 1.60. The molecule has 0 aliphatic carbocycles. The first-order valence-corrected chi connectivity index (χ1v) is 7.38. The Morgan fingerprint density at radius 1 is 1.33 bits per heavy atom. The Hall–Kier alpha value is -2.47.